The number of carbonyl (C=O) groups is 1. The summed E-state index contributed by atoms with van der Waals surface area (Å²) < 4.78 is 76.3. The Hall–Kier alpha value is -0.620. The molecule has 7 nitrogen and oxygen atoms in total. The average molecular weight is 531 g/mol. The van der Waals surface area contributed by atoms with Crippen molar-refractivity contribution < 1.29 is 36.2 Å². The van der Waals surface area contributed by atoms with Gasteiger partial charge in [-0.2, -0.15) is 4.31 Å². The fraction of sp³-hybridized carbons (Fsp3) is 0.955. The molecule has 3 aliphatic carbocycles. The number of alkyl halides is 4. The minimum Gasteiger partial charge on any atom is -0.394 e. The fourth-order valence-electron chi connectivity index (χ4n) is 5.96. The van der Waals surface area contributed by atoms with Gasteiger partial charge in [0.1, 0.15) is 18.5 Å². The Bertz CT molecular complexity index is 829. The van der Waals surface area contributed by atoms with Crippen molar-refractivity contribution in [3.05, 3.63) is 0 Å². The molecule has 0 aromatic heterocycles. The van der Waals surface area contributed by atoms with E-state index in [9.17, 15) is 31.5 Å². The molecule has 1 heterocycles. The number of aliphatic hydroxyl groups is 1. The van der Waals surface area contributed by atoms with Gasteiger partial charge in [-0.15, -0.1) is 11.6 Å². The summed E-state index contributed by atoms with van der Waals surface area (Å²) in [6.07, 6.45) is -3.85. The van der Waals surface area contributed by atoms with E-state index in [0.29, 0.717) is 25.7 Å². The Kier molecular flexibility index (Phi) is 8.39. The molecule has 4 fully saturated rings. The first kappa shape index (κ1) is 26.4. The van der Waals surface area contributed by atoms with E-state index in [1.165, 1.54) is 4.31 Å². The monoisotopic (exact) mass is 530 g/mol. The third kappa shape index (κ3) is 5.38. The van der Waals surface area contributed by atoms with E-state index in [4.69, 9.17) is 16.3 Å². The second-order valence-corrected chi connectivity index (χ2v) is 12.9. The fourth-order valence-corrected chi connectivity index (χ4v) is 8.60. The van der Waals surface area contributed by atoms with Crippen molar-refractivity contribution in [1.82, 2.24) is 9.62 Å². The maximum Gasteiger partial charge on any atom is 0.227 e. The van der Waals surface area contributed by atoms with Crippen LogP contribution in [0, 0.1) is 5.92 Å². The number of carbonyl (C=O) groups excluding carboxylic acids is 1. The topological polar surface area (TPSA) is 95.9 Å². The number of sulfonamides is 1. The molecular weight excluding hydrogens is 497 g/mol. The zero-order valence-corrected chi connectivity index (χ0v) is 20.6. The summed E-state index contributed by atoms with van der Waals surface area (Å²) in [7, 11) is -4.00. The molecule has 0 aromatic carbocycles. The molecule has 1 saturated heterocycles. The van der Waals surface area contributed by atoms with Crippen molar-refractivity contribution in [2.24, 2.45) is 5.92 Å². The molecule has 10 atom stereocenters. The van der Waals surface area contributed by atoms with Gasteiger partial charge in [0, 0.05) is 18.0 Å². The molecule has 4 rings (SSSR count). The summed E-state index contributed by atoms with van der Waals surface area (Å²) in [6.45, 7) is -0.457. The van der Waals surface area contributed by atoms with Crippen LogP contribution in [0.1, 0.15) is 57.8 Å². The average Bonchev–Trinajstić information content (AvgIpc) is 2.79. The van der Waals surface area contributed by atoms with E-state index in [0.717, 1.165) is 0 Å². The van der Waals surface area contributed by atoms with Gasteiger partial charge in [0.15, 0.2) is 0 Å². The van der Waals surface area contributed by atoms with Crippen LogP contribution in [0.2, 0.25) is 0 Å². The van der Waals surface area contributed by atoms with Crippen LogP contribution in [0.15, 0.2) is 0 Å². The molecule has 0 spiro atoms. The molecule has 0 bridgehead atoms. The molecule has 12 heteroatoms. The van der Waals surface area contributed by atoms with E-state index in [1.807, 2.05) is 0 Å². The molecule has 1 amide bonds. The summed E-state index contributed by atoms with van der Waals surface area (Å²) in [5, 5.41) is 10.9. The predicted molar refractivity (Wildman–Crippen MR) is 120 cm³/mol. The van der Waals surface area contributed by atoms with Gasteiger partial charge < -0.3 is 15.2 Å². The molecule has 1 aliphatic heterocycles. The van der Waals surface area contributed by atoms with E-state index in [-0.39, 0.29) is 38.8 Å². The number of hydrogen-bond donors (Lipinski definition) is 2. The predicted octanol–water partition coefficient (Wildman–Crippen LogP) is 2.39. The Labute approximate surface area is 203 Å². The highest BCUT2D eigenvalue weighted by molar-refractivity contribution is 7.89. The van der Waals surface area contributed by atoms with Crippen LogP contribution in [0.25, 0.3) is 0 Å². The van der Waals surface area contributed by atoms with Crippen LogP contribution in [-0.4, -0.2) is 90.3 Å². The second kappa shape index (κ2) is 10.8. The number of fused-ring (bicyclic) bond motifs is 1. The summed E-state index contributed by atoms with van der Waals surface area (Å²) >= 11 is 6.23. The third-order valence-electron chi connectivity index (χ3n) is 7.86. The first-order valence-corrected chi connectivity index (χ1v) is 14.2. The van der Waals surface area contributed by atoms with Gasteiger partial charge in [-0.1, -0.05) is 0 Å². The highest BCUT2D eigenvalue weighted by Gasteiger charge is 2.50. The van der Waals surface area contributed by atoms with Crippen molar-refractivity contribution in [3.63, 3.8) is 0 Å². The number of nitrogens with zero attached hydrogens (tertiary/aromatic N) is 1. The lowest BCUT2D eigenvalue weighted by atomic mass is 9.84. The number of morpholine rings is 1. The highest BCUT2D eigenvalue weighted by Crippen LogP contribution is 2.38. The van der Waals surface area contributed by atoms with Crippen molar-refractivity contribution in [3.8, 4) is 0 Å². The number of amides is 1. The Morgan fingerprint density at radius 1 is 1.03 bits per heavy atom. The molecule has 0 aromatic rings. The Morgan fingerprint density at radius 3 is 2.47 bits per heavy atom. The summed E-state index contributed by atoms with van der Waals surface area (Å²) in [5.74, 6) is -1.40. The summed E-state index contributed by atoms with van der Waals surface area (Å²) in [5.41, 5.74) is 0. The number of nitrogens with one attached hydrogen (secondary N) is 1. The molecule has 3 saturated carbocycles. The van der Waals surface area contributed by atoms with Gasteiger partial charge in [0.25, 0.3) is 0 Å². The third-order valence-corrected chi connectivity index (χ3v) is 10.7. The normalized spacial score (nSPS) is 44.3. The second-order valence-electron chi connectivity index (χ2n) is 10.1. The molecule has 2 N–H and O–H groups in total. The van der Waals surface area contributed by atoms with E-state index in [2.05, 4.69) is 5.32 Å². The highest BCUT2D eigenvalue weighted by atomic mass is 35.5. The minimum absolute atomic E-state index is 0.0271. The van der Waals surface area contributed by atoms with Crippen molar-refractivity contribution in [2.75, 3.05) is 13.2 Å². The molecule has 34 heavy (non-hydrogen) atoms. The van der Waals surface area contributed by atoms with Crippen LogP contribution >= 0.6 is 11.6 Å². The van der Waals surface area contributed by atoms with Crippen LogP contribution in [0.3, 0.4) is 0 Å². The summed E-state index contributed by atoms with van der Waals surface area (Å²) in [6, 6.07) is -1.01. The minimum atomic E-state index is -4.00. The lowest BCUT2D eigenvalue weighted by Gasteiger charge is -2.49. The van der Waals surface area contributed by atoms with Gasteiger partial charge in [0.05, 0.1) is 36.0 Å². The largest absolute Gasteiger partial charge is 0.394 e. The molecule has 196 valence electrons. The summed E-state index contributed by atoms with van der Waals surface area (Å²) in [4.78, 5) is 12.8. The van der Waals surface area contributed by atoms with Gasteiger partial charge in [0.2, 0.25) is 15.9 Å². The van der Waals surface area contributed by atoms with Crippen molar-refractivity contribution in [1.29, 1.82) is 0 Å². The Morgan fingerprint density at radius 2 is 1.79 bits per heavy atom. The zero-order chi connectivity index (χ0) is 24.6. The van der Waals surface area contributed by atoms with Crippen molar-refractivity contribution >= 4 is 27.5 Å². The van der Waals surface area contributed by atoms with E-state index >= 15 is 0 Å². The number of ether oxygens (including phenoxy) is 1. The molecule has 0 radical (unpaired) electrons. The molecule has 9 unspecified atom stereocenters. The lowest BCUT2D eigenvalue weighted by Crippen LogP contribution is -2.63. The van der Waals surface area contributed by atoms with Crippen LogP contribution in [0.5, 0.6) is 0 Å². The molecular formula is C22H34ClF3N2O5S. The quantitative estimate of drug-likeness (QED) is 0.532. The number of hydrogen-bond acceptors (Lipinski definition) is 5. The Balaban J connectivity index is 1.48. The first-order valence-electron chi connectivity index (χ1n) is 12.3. The van der Waals surface area contributed by atoms with Gasteiger partial charge in [-0.25, -0.2) is 21.6 Å². The standard InChI is InChI=1S/C22H34ClF3N2O5S/c23-15-2-1-3-17(25)21(15)22(30)27-12-4-7-20-19(8-12)28(10-13(11-29)33-20)34(31,32)14-5-6-16(24)18(26)9-14/h12-21,29H,1-11H2,(H,27,30)/t12?,13-,14?,15?,16?,17?,18?,19?,20?,21?/m1/s1. The van der Waals surface area contributed by atoms with Crippen LogP contribution in [-0.2, 0) is 19.6 Å². The lowest BCUT2D eigenvalue weighted by molar-refractivity contribution is -0.135. The maximum atomic E-state index is 14.4. The SMILES string of the molecule is O=C(NC1CCC2O[C@@H](CO)CN(S(=O)(=O)C3CCC(F)C(F)C3)C2C1)C1C(F)CCCC1Cl. The van der Waals surface area contributed by atoms with Crippen LogP contribution < -0.4 is 5.32 Å². The smallest absolute Gasteiger partial charge is 0.227 e. The van der Waals surface area contributed by atoms with Gasteiger partial charge in [-0.05, 0) is 57.8 Å². The van der Waals surface area contributed by atoms with Crippen molar-refractivity contribution in [2.45, 2.75) is 111 Å². The number of rotatable bonds is 5. The van der Waals surface area contributed by atoms with E-state index < -0.39 is 81.7 Å². The molecule has 4 aliphatic rings. The van der Waals surface area contributed by atoms with E-state index in [1.54, 1.807) is 0 Å². The van der Waals surface area contributed by atoms with Gasteiger partial charge >= 0.3 is 0 Å². The zero-order valence-electron chi connectivity index (χ0n) is 19.0. The number of aliphatic hydroxyl groups excluding tert-OH is 1. The first-order chi connectivity index (χ1) is 16.1. The maximum absolute atomic E-state index is 14.4. The number of halogens is 4. The van der Waals surface area contributed by atoms with Gasteiger partial charge in [-0.3, -0.25) is 4.79 Å². The van der Waals surface area contributed by atoms with Crippen LogP contribution in [0.4, 0.5) is 13.2 Å².